The van der Waals surface area contributed by atoms with Crippen molar-refractivity contribution in [1.82, 2.24) is 0 Å². The van der Waals surface area contributed by atoms with Crippen molar-refractivity contribution in [3.8, 4) is 34.5 Å². The summed E-state index contributed by atoms with van der Waals surface area (Å²) in [6.07, 6.45) is 63.8. The molecule has 127 heavy (non-hydrogen) atoms. The SMILES string of the molecule is CCCCCCCCCCCCOP(Oc1ccccc1CCCCCCCC)Oc1cc(C)c(C(C)CC(c2cc(C(C)(C)C)c(OP(OCCCCCCCCCCCC)Oc3ccccc3CCCCCCCC)cc2C)c2cc(C(C)(C)C)c(OP(OCCCCCCCCCCCC)Oc3ccccc3CCCCCCCC)cc2C)cc1C(C)(C)C. The quantitative estimate of drug-likeness (QED) is 0.0274. The zero-order valence-electron chi connectivity index (χ0n) is 85.0. The van der Waals surface area contributed by atoms with E-state index >= 15 is 0 Å². The van der Waals surface area contributed by atoms with Crippen LogP contribution in [0, 0.1) is 20.8 Å². The third-order valence-corrected chi connectivity index (χ3v) is 29.1. The summed E-state index contributed by atoms with van der Waals surface area (Å²) in [6.45, 7) is 45.9. The van der Waals surface area contributed by atoms with Gasteiger partial charge in [0.2, 0.25) is 0 Å². The summed E-state index contributed by atoms with van der Waals surface area (Å²) in [5.41, 5.74) is 13.5. The van der Waals surface area contributed by atoms with Gasteiger partial charge in [-0.05, 0) is 194 Å². The fraction of sp³-hybridized carbons (Fsp3) is 0.687. The van der Waals surface area contributed by atoms with Gasteiger partial charge in [-0.3, -0.25) is 13.6 Å². The Labute approximate surface area is 785 Å². The van der Waals surface area contributed by atoms with Gasteiger partial charge in [0, 0.05) is 22.6 Å². The fourth-order valence-electron chi connectivity index (χ4n) is 17.8. The Bertz CT molecular complexity index is 3670. The maximum Gasteiger partial charge on any atom is 0.463 e. The highest BCUT2D eigenvalue weighted by atomic mass is 31.2. The summed E-state index contributed by atoms with van der Waals surface area (Å²) in [4.78, 5) is 0. The molecule has 6 aromatic rings. The number of hydrogen-bond donors (Lipinski definition) is 0. The van der Waals surface area contributed by atoms with Crippen LogP contribution in [0.25, 0.3) is 0 Å². The summed E-state index contributed by atoms with van der Waals surface area (Å²) in [5, 5.41) is 0. The molecule has 12 heteroatoms. The van der Waals surface area contributed by atoms with Crippen molar-refractivity contribution in [2.45, 2.75) is 494 Å². The topological polar surface area (TPSA) is 83.1 Å². The van der Waals surface area contributed by atoms with E-state index in [2.05, 4.69) is 241 Å². The molecular weight excluding hydrogens is 1620 g/mol. The van der Waals surface area contributed by atoms with Crippen molar-refractivity contribution in [3.05, 3.63) is 176 Å². The van der Waals surface area contributed by atoms with E-state index in [0.717, 1.165) is 146 Å². The molecule has 0 radical (unpaired) electrons. The first-order valence-electron chi connectivity index (χ1n) is 52.5. The predicted octanol–water partition coefficient (Wildman–Crippen LogP) is 39.4. The highest BCUT2D eigenvalue weighted by molar-refractivity contribution is 7.43. The van der Waals surface area contributed by atoms with Crippen molar-refractivity contribution < 1.29 is 40.7 Å². The Morgan fingerprint density at radius 3 is 0.693 bits per heavy atom. The van der Waals surface area contributed by atoms with E-state index in [0.29, 0.717) is 19.8 Å². The van der Waals surface area contributed by atoms with Crippen LogP contribution in [-0.2, 0) is 49.1 Å². The molecule has 0 aliphatic rings. The van der Waals surface area contributed by atoms with Gasteiger partial charge in [0.05, 0.1) is 19.8 Å². The summed E-state index contributed by atoms with van der Waals surface area (Å²) < 4.78 is 64.5. The molecule has 0 heterocycles. The number of hydrogen-bond acceptors (Lipinski definition) is 9. The molecular formula is C115H187O9P3. The highest BCUT2D eigenvalue weighted by Gasteiger charge is 2.35. The number of benzene rings is 6. The van der Waals surface area contributed by atoms with Crippen LogP contribution in [0.5, 0.6) is 34.5 Å². The molecule has 9 nitrogen and oxygen atoms in total. The lowest BCUT2D eigenvalue weighted by Crippen LogP contribution is -2.19. The van der Waals surface area contributed by atoms with Gasteiger partial charge in [0.25, 0.3) is 0 Å². The van der Waals surface area contributed by atoms with E-state index in [-0.39, 0.29) is 28.1 Å². The van der Waals surface area contributed by atoms with E-state index in [9.17, 15) is 0 Å². The van der Waals surface area contributed by atoms with E-state index < -0.39 is 25.8 Å². The van der Waals surface area contributed by atoms with Gasteiger partial charge in [-0.1, -0.05) is 453 Å². The van der Waals surface area contributed by atoms with E-state index in [1.165, 1.54) is 289 Å². The van der Waals surface area contributed by atoms with Crippen LogP contribution in [-0.4, -0.2) is 19.8 Å². The molecule has 0 N–H and O–H groups in total. The number of aryl methyl sites for hydroxylation is 6. The third-order valence-electron chi connectivity index (χ3n) is 25.8. The second-order valence-corrected chi connectivity index (χ2v) is 43.9. The van der Waals surface area contributed by atoms with Gasteiger partial charge >= 0.3 is 25.8 Å². The predicted molar refractivity (Wildman–Crippen MR) is 553 cm³/mol. The Morgan fingerprint density at radius 1 is 0.244 bits per heavy atom. The zero-order chi connectivity index (χ0) is 91.8. The number of unbranched alkanes of at least 4 members (excludes halogenated alkanes) is 42. The highest BCUT2D eigenvalue weighted by Crippen LogP contribution is 2.54. The van der Waals surface area contributed by atoms with Crippen molar-refractivity contribution in [3.63, 3.8) is 0 Å². The van der Waals surface area contributed by atoms with Crippen LogP contribution in [0.4, 0.5) is 0 Å². The lowest BCUT2D eigenvalue weighted by molar-refractivity contribution is 0.255. The molecule has 0 aliphatic carbocycles. The summed E-state index contributed by atoms with van der Waals surface area (Å²) >= 11 is 0. The van der Waals surface area contributed by atoms with Crippen molar-refractivity contribution in [2.75, 3.05) is 19.8 Å². The molecule has 0 aliphatic heterocycles. The smallest absolute Gasteiger partial charge is 0.417 e. The van der Waals surface area contributed by atoms with Gasteiger partial charge in [-0.25, -0.2) is 0 Å². The van der Waals surface area contributed by atoms with Gasteiger partial charge in [-0.15, -0.1) is 0 Å². The lowest BCUT2D eigenvalue weighted by Gasteiger charge is -2.33. The maximum absolute atomic E-state index is 7.44. The van der Waals surface area contributed by atoms with Gasteiger partial charge < -0.3 is 27.1 Å². The van der Waals surface area contributed by atoms with E-state index in [1.54, 1.807) is 0 Å². The van der Waals surface area contributed by atoms with Crippen molar-refractivity contribution >= 4 is 25.8 Å². The van der Waals surface area contributed by atoms with E-state index in [4.69, 9.17) is 40.7 Å². The monoisotopic (exact) mass is 1810 g/mol. The van der Waals surface area contributed by atoms with E-state index in [1.807, 2.05) is 0 Å². The molecule has 0 spiro atoms. The first kappa shape index (κ1) is 111. The minimum Gasteiger partial charge on any atom is -0.417 e. The van der Waals surface area contributed by atoms with Crippen molar-refractivity contribution in [1.29, 1.82) is 0 Å². The van der Waals surface area contributed by atoms with Gasteiger partial charge in [0.1, 0.15) is 34.5 Å². The van der Waals surface area contributed by atoms with Crippen molar-refractivity contribution in [2.24, 2.45) is 0 Å². The normalized spacial score (nSPS) is 13.3. The summed E-state index contributed by atoms with van der Waals surface area (Å²) in [7, 11) is -5.55. The average molecular weight is 1810 g/mol. The van der Waals surface area contributed by atoms with Gasteiger partial charge in [-0.2, -0.15) is 0 Å². The van der Waals surface area contributed by atoms with Crippen LogP contribution in [0.2, 0.25) is 0 Å². The minimum atomic E-state index is -1.86. The Balaban J connectivity index is 1.48. The lowest BCUT2D eigenvalue weighted by atomic mass is 9.74. The molecule has 6 aromatic carbocycles. The molecule has 6 rings (SSSR count). The first-order valence-corrected chi connectivity index (χ1v) is 55.8. The van der Waals surface area contributed by atoms with Crippen LogP contribution in [0.1, 0.15) is 504 Å². The molecule has 716 valence electrons. The standard InChI is InChI=1S/C115H187O9P3/c1-20-26-32-38-44-47-50-53-59-71-83-116-125(119-107-80-68-65-77-97(107)74-62-56-41-35-29-23-4)122-110-87-94(8)100(90-104(110)113(11,12)13)93(7)86-103(101-91-105(114(14,15)16)111(88-95(101)9)123-126(117-84-72-60-54-51-48-45-39-33-27-21-2)120-108-81-69-66-78-98(108)75-63-57-42-36-30-24-5)102-92-106(115(17,18)19)112(89-96(102)10)124-127(118-85-73-61-55-52-49-46-40-34-28-22-3)121-109-82-70-67-79-99(109)76-64-58-43-37-31-25-6/h65-70,77-82,87-93,103H,20-64,71-76,83-86H2,1-19H3. The summed E-state index contributed by atoms with van der Waals surface area (Å²) in [5.74, 6) is 5.06. The Kier molecular flexibility index (Phi) is 56.8. The number of para-hydroxylation sites is 3. The summed E-state index contributed by atoms with van der Waals surface area (Å²) in [6, 6.07) is 40.4. The molecule has 0 bridgehead atoms. The van der Waals surface area contributed by atoms with Gasteiger partial charge in [0.15, 0.2) is 0 Å². The molecule has 0 saturated carbocycles. The molecule has 0 aromatic heterocycles. The second kappa shape index (κ2) is 65.0. The molecule has 4 atom stereocenters. The molecule has 0 saturated heterocycles. The third kappa shape index (κ3) is 44.3. The second-order valence-electron chi connectivity index (χ2n) is 40.7. The maximum atomic E-state index is 7.44. The Hall–Kier alpha value is -4.71. The molecule has 0 fully saturated rings. The molecule has 0 amide bonds. The average Bonchev–Trinajstić information content (AvgIpc) is 0.757. The fourth-order valence-corrected chi connectivity index (χ4v) is 21.0. The van der Waals surface area contributed by atoms with Crippen LogP contribution in [0.3, 0.4) is 0 Å². The number of rotatable bonds is 74. The molecule has 4 unspecified atom stereocenters. The van der Waals surface area contributed by atoms with Crippen LogP contribution in [0.15, 0.2) is 109 Å². The van der Waals surface area contributed by atoms with Crippen LogP contribution < -0.4 is 27.1 Å². The van der Waals surface area contributed by atoms with Crippen LogP contribution >= 0.6 is 25.8 Å². The first-order chi connectivity index (χ1) is 61.4. The Morgan fingerprint density at radius 2 is 0.449 bits per heavy atom. The minimum absolute atomic E-state index is 0.0786. The largest absolute Gasteiger partial charge is 0.463 e. The zero-order valence-corrected chi connectivity index (χ0v) is 87.6.